The highest BCUT2D eigenvalue weighted by molar-refractivity contribution is 7.99. The third-order valence-corrected chi connectivity index (χ3v) is 8.23. The van der Waals surface area contributed by atoms with E-state index in [1.807, 2.05) is 29.8 Å². The average molecular weight is 471 g/mol. The van der Waals surface area contributed by atoms with E-state index >= 15 is 0 Å². The summed E-state index contributed by atoms with van der Waals surface area (Å²) < 4.78 is 29.0. The maximum atomic E-state index is 12.8. The first-order chi connectivity index (χ1) is 15.3. The van der Waals surface area contributed by atoms with Gasteiger partial charge < -0.3 is 5.32 Å². The maximum Gasteiger partial charge on any atom is 0.243 e. The molecule has 1 aromatic heterocycles. The van der Waals surface area contributed by atoms with Gasteiger partial charge in [-0.1, -0.05) is 35.5 Å². The van der Waals surface area contributed by atoms with Gasteiger partial charge in [0.15, 0.2) is 5.16 Å². The van der Waals surface area contributed by atoms with E-state index in [4.69, 9.17) is 0 Å². The van der Waals surface area contributed by atoms with Gasteiger partial charge in [0.05, 0.1) is 16.3 Å². The van der Waals surface area contributed by atoms with E-state index in [0.717, 1.165) is 29.2 Å². The molecule has 3 aromatic rings. The van der Waals surface area contributed by atoms with Crippen molar-refractivity contribution in [3.63, 3.8) is 0 Å². The SMILES string of the molecule is Cc1ccc(-n2ccnc2SCC(=O)Nc2cccc(S(=O)(=O)N3CCCC3)c2)c(C)c1. The molecule has 168 valence electrons. The van der Waals surface area contributed by atoms with E-state index in [2.05, 4.69) is 23.3 Å². The smallest absolute Gasteiger partial charge is 0.243 e. The monoisotopic (exact) mass is 470 g/mol. The fourth-order valence-electron chi connectivity index (χ4n) is 3.79. The summed E-state index contributed by atoms with van der Waals surface area (Å²) in [6.45, 7) is 5.19. The predicted molar refractivity (Wildman–Crippen MR) is 127 cm³/mol. The molecule has 2 aromatic carbocycles. The third kappa shape index (κ3) is 4.90. The summed E-state index contributed by atoms with van der Waals surface area (Å²) in [5.74, 6) is -0.0636. The van der Waals surface area contributed by atoms with Crippen LogP contribution in [0.1, 0.15) is 24.0 Å². The molecule has 1 fully saturated rings. The zero-order chi connectivity index (χ0) is 22.7. The van der Waals surface area contributed by atoms with E-state index < -0.39 is 10.0 Å². The lowest BCUT2D eigenvalue weighted by Gasteiger charge is -2.16. The number of rotatable bonds is 7. The van der Waals surface area contributed by atoms with Crippen LogP contribution in [0.4, 0.5) is 5.69 Å². The molecule has 9 heteroatoms. The first kappa shape index (κ1) is 22.6. The topological polar surface area (TPSA) is 84.3 Å². The number of hydrogen-bond donors (Lipinski definition) is 1. The molecular weight excluding hydrogens is 444 g/mol. The van der Waals surface area contributed by atoms with Crippen molar-refractivity contribution in [2.24, 2.45) is 0 Å². The summed E-state index contributed by atoms with van der Waals surface area (Å²) in [7, 11) is -3.52. The number of benzene rings is 2. The van der Waals surface area contributed by atoms with E-state index in [1.165, 1.54) is 27.7 Å². The standard InChI is InChI=1S/C23H26N4O3S2/c1-17-8-9-21(18(2)14-17)27-13-10-24-23(27)31-16-22(28)25-19-6-5-7-20(15-19)32(29,30)26-11-3-4-12-26/h5-10,13-15H,3-4,11-12,16H2,1-2H3,(H,25,28). The van der Waals surface area contributed by atoms with Crippen LogP contribution in [0.15, 0.2) is 64.9 Å². The lowest BCUT2D eigenvalue weighted by Crippen LogP contribution is -2.28. The highest BCUT2D eigenvalue weighted by atomic mass is 32.2. The number of aromatic nitrogens is 2. The molecule has 1 N–H and O–H groups in total. The van der Waals surface area contributed by atoms with Crippen LogP contribution < -0.4 is 5.32 Å². The Morgan fingerprint density at radius 1 is 1.12 bits per heavy atom. The predicted octanol–water partition coefficient (Wildman–Crippen LogP) is 4.00. The number of imidazole rings is 1. The number of thioether (sulfide) groups is 1. The number of hydrogen-bond acceptors (Lipinski definition) is 5. The van der Waals surface area contributed by atoms with Gasteiger partial charge in [0.2, 0.25) is 15.9 Å². The quantitative estimate of drug-likeness (QED) is 0.528. The van der Waals surface area contributed by atoms with Crippen LogP contribution in [-0.4, -0.2) is 47.0 Å². The highest BCUT2D eigenvalue weighted by Gasteiger charge is 2.27. The molecule has 32 heavy (non-hydrogen) atoms. The summed E-state index contributed by atoms with van der Waals surface area (Å²) in [4.78, 5) is 17.1. The molecule has 1 aliphatic rings. The Morgan fingerprint density at radius 3 is 2.66 bits per heavy atom. The van der Waals surface area contributed by atoms with Crippen LogP contribution >= 0.6 is 11.8 Å². The van der Waals surface area contributed by atoms with Crippen molar-refractivity contribution >= 4 is 33.4 Å². The summed E-state index contributed by atoms with van der Waals surface area (Å²) in [5, 5.41) is 3.53. The normalized spacial score (nSPS) is 14.6. The van der Waals surface area contributed by atoms with E-state index in [0.29, 0.717) is 18.8 Å². The van der Waals surface area contributed by atoms with Crippen LogP contribution in [0.2, 0.25) is 0 Å². The van der Waals surface area contributed by atoms with Crippen molar-refractivity contribution in [1.29, 1.82) is 0 Å². The van der Waals surface area contributed by atoms with Gasteiger partial charge in [-0.3, -0.25) is 9.36 Å². The largest absolute Gasteiger partial charge is 0.325 e. The zero-order valence-electron chi connectivity index (χ0n) is 18.1. The summed E-state index contributed by atoms with van der Waals surface area (Å²) in [6, 6.07) is 12.6. The van der Waals surface area contributed by atoms with Crippen molar-refractivity contribution in [2.45, 2.75) is 36.7 Å². The summed E-state index contributed by atoms with van der Waals surface area (Å²) in [5.41, 5.74) is 3.81. The summed E-state index contributed by atoms with van der Waals surface area (Å²) in [6.07, 6.45) is 5.35. The Balaban J connectivity index is 1.42. The Bertz CT molecular complexity index is 1230. The fourth-order valence-corrected chi connectivity index (χ4v) is 6.12. The van der Waals surface area contributed by atoms with Gasteiger partial charge in [-0.2, -0.15) is 4.31 Å². The number of aryl methyl sites for hydroxylation is 2. The number of sulfonamides is 1. The molecule has 1 saturated heterocycles. The molecule has 0 bridgehead atoms. The lowest BCUT2D eigenvalue weighted by molar-refractivity contribution is -0.113. The number of carbonyl (C=O) groups is 1. The maximum absolute atomic E-state index is 12.8. The van der Waals surface area contributed by atoms with E-state index in [-0.39, 0.29) is 16.6 Å². The first-order valence-corrected chi connectivity index (χ1v) is 12.9. The molecule has 1 aliphatic heterocycles. The third-order valence-electron chi connectivity index (χ3n) is 5.37. The lowest BCUT2D eigenvalue weighted by atomic mass is 10.1. The number of amides is 1. The van der Waals surface area contributed by atoms with Gasteiger partial charge in [-0.25, -0.2) is 13.4 Å². The molecule has 0 radical (unpaired) electrons. The van der Waals surface area contributed by atoms with Crippen molar-refractivity contribution < 1.29 is 13.2 Å². The summed E-state index contributed by atoms with van der Waals surface area (Å²) >= 11 is 1.33. The molecule has 0 aliphatic carbocycles. The van der Waals surface area contributed by atoms with Gasteiger partial charge in [0, 0.05) is 31.2 Å². The van der Waals surface area contributed by atoms with Gasteiger partial charge in [0.25, 0.3) is 0 Å². The zero-order valence-corrected chi connectivity index (χ0v) is 19.7. The van der Waals surface area contributed by atoms with Crippen LogP contribution in [0, 0.1) is 13.8 Å². The molecule has 2 heterocycles. The van der Waals surface area contributed by atoms with Crippen LogP contribution in [0.5, 0.6) is 0 Å². The highest BCUT2D eigenvalue weighted by Crippen LogP contribution is 2.25. The molecule has 0 unspecified atom stereocenters. The van der Waals surface area contributed by atoms with Crippen LogP contribution in [0.25, 0.3) is 5.69 Å². The second kappa shape index (κ2) is 9.48. The van der Waals surface area contributed by atoms with Gasteiger partial charge >= 0.3 is 0 Å². The number of carbonyl (C=O) groups excluding carboxylic acids is 1. The molecule has 0 atom stereocenters. The van der Waals surface area contributed by atoms with Gasteiger partial charge in [-0.15, -0.1) is 0 Å². The van der Waals surface area contributed by atoms with Crippen LogP contribution in [0.3, 0.4) is 0 Å². The Hall–Kier alpha value is -2.62. The number of nitrogens with one attached hydrogen (secondary N) is 1. The number of anilines is 1. The van der Waals surface area contributed by atoms with Gasteiger partial charge in [-0.05, 0) is 56.5 Å². The molecule has 0 saturated carbocycles. The first-order valence-electron chi connectivity index (χ1n) is 10.5. The van der Waals surface area contributed by atoms with Crippen molar-refractivity contribution in [3.8, 4) is 5.69 Å². The Kier molecular flexibility index (Phi) is 6.68. The Labute approximate surface area is 192 Å². The number of nitrogens with zero attached hydrogens (tertiary/aromatic N) is 3. The average Bonchev–Trinajstić information content (AvgIpc) is 3.45. The molecule has 0 spiro atoms. The Morgan fingerprint density at radius 2 is 1.91 bits per heavy atom. The van der Waals surface area contributed by atoms with E-state index in [9.17, 15) is 13.2 Å². The second-order valence-corrected chi connectivity index (χ2v) is 10.7. The minimum Gasteiger partial charge on any atom is -0.325 e. The molecular formula is C23H26N4O3S2. The van der Waals surface area contributed by atoms with Crippen molar-refractivity contribution in [2.75, 3.05) is 24.2 Å². The van der Waals surface area contributed by atoms with E-state index in [1.54, 1.807) is 24.4 Å². The molecule has 1 amide bonds. The van der Waals surface area contributed by atoms with Gasteiger partial charge in [0.1, 0.15) is 0 Å². The molecule has 4 rings (SSSR count). The van der Waals surface area contributed by atoms with Crippen molar-refractivity contribution in [3.05, 3.63) is 66.0 Å². The fraction of sp³-hybridized carbons (Fsp3) is 0.304. The van der Waals surface area contributed by atoms with Crippen LogP contribution in [-0.2, 0) is 14.8 Å². The minimum atomic E-state index is -3.52. The second-order valence-electron chi connectivity index (χ2n) is 7.85. The molecule has 7 nitrogen and oxygen atoms in total. The minimum absolute atomic E-state index is 0.158. The van der Waals surface area contributed by atoms with Crippen molar-refractivity contribution in [1.82, 2.24) is 13.9 Å².